The Morgan fingerprint density at radius 2 is 1.92 bits per heavy atom. The monoisotopic (exact) mass is 369 g/mol. The molecule has 3 rings (SSSR count). The number of amides is 1. The molecule has 2 aromatic carbocycles. The molecule has 0 radical (unpaired) electrons. The van der Waals surface area contributed by atoms with Gasteiger partial charge in [0.15, 0.2) is 0 Å². The van der Waals surface area contributed by atoms with E-state index >= 15 is 0 Å². The Kier molecular flexibility index (Phi) is 5.89. The molecule has 1 aromatic heterocycles. The number of rotatable bonds is 7. The molecule has 0 unspecified atom stereocenters. The highest BCUT2D eigenvalue weighted by molar-refractivity contribution is 7.98. The van der Waals surface area contributed by atoms with E-state index < -0.39 is 0 Å². The highest BCUT2D eigenvalue weighted by Gasteiger charge is 2.18. The number of nitrogens with one attached hydrogen (secondary N) is 1. The normalized spacial score (nSPS) is 10.9. The van der Waals surface area contributed by atoms with E-state index in [9.17, 15) is 4.79 Å². The molecule has 136 valence electrons. The SMILES string of the molecule is COc1ccc2oc(C)c(C(=O)NCCSCc3ccc(C)cc3)c2c1. The Balaban J connectivity index is 1.55. The fraction of sp³-hybridized carbons (Fsp3) is 0.286. The summed E-state index contributed by atoms with van der Waals surface area (Å²) in [6, 6.07) is 14.0. The van der Waals surface area contributed by atoms with E-state index in [1.807, 2.05) is 36.9 Å². The first-order valence-electron chi connectivity index (χ1n) is 8.57. The number of methoxy groups -OCH3 is 1. The molecule has 0 atom stereocenters. The van der Waals surface area contributed by atoms with Crippen LogP contribution < -0.4 is 10.1 Å². The van der Waals surface area contributed by atoms with Gasteiger partial charge < -0.3 is 14.5 Å². The highest BCUT2D eigenvalue weighted by atomic mass is 32.2. The Bertz CT molecular complexity index is 900. The van der Waals surface area contributed by atoms with Crippen LogP contribution >= 0.6 is 11.8 Å². The van der Waals surface area contributed by atoms with Crippen molar-refractivity contribution in [3.63, 3.8) is 0 Å². The van der Waals surface area contributed by atoms with Crippen molar-refractivity contribution in [3.05, 3.63) is 64.9 Å². The fourth-order valence-electron chi connectivity index (χ4n) is 2.81. The number of thioether (sulfide) groups is 1. The number of carbonyl (C=O) groups excluding carboxylic acids is 1. The summed E-state index contributed by atoms with van der Waals surface area (Å²) in [5.74, 6) is 3.03. The molecule has 26 heavy (non-hydrogen) atoms. The lowest BCUT2D eigenvalue weighted by atomic mass is 10.1. The van der Waals surface area contributed by atoms with E-state index in [4.69, 9.17) is 9.15 Å². The van der Waals surface area contributed by atoms with Crippen LogP contribution in [0.1, 0.15) is 27.2 Å². The van der Waals surface area contributed by atoms with Crippen molar-refractivity contribution in [2.75, 3.05) is 19.4 Å². The molecular formula is C21H23NO3S. The average Bonchev–Trinajstić information content (AvgIpc) is 2.97. The van der Waals surface area contributed by atoms with Gasteiger partial charge in [0.05, 0.1) is 12.7 Å². The van der Waals surface area contributed by atoms with Crippen molar-refractivity contribution >= 4 is 28.6 Å². The van der Waals surface area contributed by atoms with E-state index in [1.165, 1.54) is 11.1 Å². The lowest BCUT2D eigenvalue weighted by Gasteiger charge is -2.06. The molecule has 0 aliphatic rings. The van der Waals surface area contributed by atoms with Gasteiger partial charge in [-0.05, 0) is 37.6 Å². The molecule has 0 spiro atoms. The maximum atomic E-state index is 12.6. The van der Waals surface area contributed by atoms with E-state index in [2.05, 4.69) is 36.5 Å². The fourth-order valence-corrected chi connectivity index (χ4v) is 3.63. The molecule has 0 saturated carbocycles. The van der Waals surface area contributed by atoms with Gasteiger partial charge >= 0.3 is 0 Å². The molecule has 4 nitrogen and oxygen atoms in total. The number of benzene rings is 2. The first-order chi connectivity index (χ1) is 12.6. The summed E-state index contributed by atoms with van der Waals surface area (Å²) in [5.41, 5.74) is 3.85. The lowest BCUT2D eigenvalue weighted by molar-refractivity contribution is 0.0956. The van der Waals surface area contributed by atoms with Crippen molar-refractivity contribution in [3.8, 4) is 5.75 Å². The van der Waals surface area contributed by atoms with E-state index in [0.29, 0.717) is 29.2 Å². The number of aryl methyl sites for hydroxylation is 2. The summed E-state index contributed by atoms with van der Waals surface area (Å²) in [6.07, 6.45) is 0. The van der Waals surface area contributed by atoms with Crippen LogP contribution in [0.25, 0.3) is 11.0 Å². The maximum Gasteiger partial charge on any atom is 0.255 e. The first-order valence-corrected chi connectivity index (χ1v) is 9.72. The van der Waals surface area contributed by atoms with E-state index in [0.717, 1.165) is 16.9 Å². The lowest BCUT2D eigenvalue weighted by Crippen LogP contribution is -2.26. The quantitative estimate of drug-likeness (QED) is 0.612. The molecule has 5 heteroatoms. The minimum absolute atomic E-state index is 0.106. The summed E-state index contributed by atoms with van der Waals surface area (Å²) in [5, 5.41) is 3.77. The number of fused-ring (bicyclic) bond motifs is 1. The van der Waals surface area contributed by atoms with E-state index in [1.54, 1.807) is 7.11 Å². The minimum Gasteiger partial charge on any atom is -0.497 e. The number of carbonyl (C=O) groups is 1. The zero-order chi connectivity index (χ0) is 18.5. The van der Waals surface area contributed by atoms with Crippen molar-refractivity contribution < 1.29 is 13.9 Å². The third kappa shape index (κ3) is 4.22. The van der Waals surface area contributed by atoms with Crippen molar-refractivity contribution in [2.24, 2.45) is 0 Å². The first kappa shape index (κ1) is 18.4. The minimum atomic E-state index is -0.106. The standard InChI is InChI=1S/C21H23NO3S/c1-14-4-6-16(7-5-14)13-26-11-10-22-21(23)20-15(2)25-19-9-8-17(24-3)12-18(19)20/h4-9,12H,10-11,13H2,1-3H3,(H,22,23). The zero-order valence-electron chi connectivity index (χ0n) is 15.3. The molecule has 1 heterocycles. The number of hydrogen-bond donors (Lipinski definition) is 1. The maximum absolute atomic E-state index is 12.6. The van der Waals surface area contributed by atoms with E-state index in [-0.39, 0.29) is 5.91 Å². The summed E-state index contributed by atoms with van der Waals surface area (Å²) in [7, 11) is 1.61. The van der Waals surface area contributed by atoms with Crippen molar-refractivity contribution in [2.45, 2.75) is 19.6 Å². The molecule has 0 aliphatic carbocycles. The van der Waals surface area contributed by atoms with Gasteiger partial charge in [-0.2, -0.15) is 11.8 Å². The van der Waals surface area contributed by atoms with Gasteiger partial charge in [0, 0.05) is 23.4 Å². The Morgan fingerprint density at radius 3 is 2.65 bits per heavy atom. The second-order valence-electron chi connectivity index (χ2n) is 6.19. The van der Waals surface area contributed by atoms with Gasteiger partial charge in [0.25, 0.3) is 5.91 Å². The van der Waals surface area contributed by atoms with Gasteiger partial charge in [-0.15, -0.1) is 0 Å². The summed E-state index contributed by atoms with van der Waals surface area (Å²) in [4.78, 5) is 12.6. The van der Waals surface area contributed by atoms with Crippen LogP contribution in [-0.4, -0.2) is 25.3 Å². The predicted molar refractivity (Wildman–Crippen MR) is 107 cm³/mol. The second kappa shape index (κ2) is 8.32. The van der Waals surface area contributed by atoms with Gasteiger partial charge in [-0.1, -0.05) is 29.8 Å². The predicted octanol–water partition coefficient (Wildman–Crippen LogP) is 4.72. The smallest absolute Gasteiger partial charge is 0.255 e. The number of furan rings is 1. The molecule has 0 aliphatic heterocycles. The van der Waals surface area contributed by atoms with Gasteiger partial charge in [0.1, 0.15) is 17.1 Å². The molecule has 1 amide bonds. The molecule has 1 N–H and O–H groups in total. The van der Waals surface area contributed by atoms with Crippen molar-refractivity contribution in [1.82, 2.24) is 5.32 Å². The average molecular weight is 369 g/mol. The highest BCUT2D eigenvalue weighted by Crippen LogP contribution is 2.29. The van der Waals surface area contributed by atoms with Gasteiger partial charge in [-0.25, -0.2) is 0 Å². The van der Waals surface area contributed by atoms with Crippen LogP contribution in [0.2, 0.25) is 0 Å². The van der Waals surface area contributed by atoms with Crippen LogP contribution in [0.15, 0.2) is 46.9 Å². The molecule has 0 fully saturated rings. The summed E-state index contributed by atoms with van der Waals surface area (Å²) < 4.78 is 10.9. The number of ether oxygens (including phenoxy) is 1. The topological polar surface area (TPSA) is 51.5 Å². The third-order valence-electron chi connectivity index (χ3n) is 4.22. The second-order valence-corrected chi connectivity index (χ2v) is 7.29. The van der Waals surface area contributed by atoms with Crippen LogP contribution in [0, 0.1) is 13.8 Å². The largest absolute Gasteiger partial charge is 0.497 e. The third-order valence-corrected chi connectivity index (χ3v) is 5.25. The Labute approximate surface area is 157 Å². The van der Waals surface area contributed by atoms with Gasteiger partial charge in [-0.3, -0.25) is 4.79 Å². The number of hydrogen-bond acceptors (Lipinski definition) is 4. The van der Waals surface area contributed by atoms with Gasteiger partial charge in [0.2, 0.25) is 0 Å². The Hall–Kier alpha value is -2.40. The van der Waals surface area contributed by atoms with Crippen LogP contribution in [0.5, 0.6) is 5.75 Å². The zero-order valence-corrected chi connectivity index (χ0v) is 16.1. The molecule has 3 aromatic rings. The summed E-state index contributed by atoms with van der Waals surface area (Å²) in [6.45, 7) is 4.52. The molecule has 0 saturated heterocycles. The van der Waals surface area contributed by atoms with Crippen molar-refractivity contribution in [1.29, 1.82) is 0 Å². The molecular weight excluding hydrogens is 346 g/mol. The van der Waals surface area contributed by atoms with Crippen LogP contribution in [0.3, 0.4) is 0 Å². The molecule has 0 bridgehead atoms. The summed E-state index contributed by atoms with van der Waals surface area (Å²) >= 11 is 1.81. The van der Waals surface area contributed by atoms with Crippen LogP contribution in [0.4, 0.5) is 0 Å². The Morgan fingerprint density at radius 1 is 1.15 bits per heavy atom. The van der Waals surface area contributed by atoms with Crippen LogP contribution in [-0.2, 0) is 5.75 Å².